The zero-order chi connectivity index (χ0) is 10.5. The van der Waals surface area contributed by atoms with E-state index in [1.165, 1.54) is 0 Å². The fourth-order valence-electron chi connectivity index (χ4n) is 1.57. The molecule has 1 aliphatic heterocycles. The molecular weight excluding hydrogens is 204 g/mol. The predicted molar refractivity (Wildman–Crippen MR) is 64.3 cm³/mol. The van der Waals surface area contributed by atoms with Gasteiger partial charge in [0.2, 0.25) is 0 Å². The van der Waals surface area contributed by atoms with Gasteiger partial charge in [0.15, 0.2) is 0 Å². The SMILES string of the molecule is N#CC1=C(c2ccccc2)NCCSC1. The second kappa shape index (κ2) is 4.90. The number of nitrogens with zero attached hydrogens (tertiary/aromatic N) is 1. The average molecular weight is 216 g/mol. The van der Waals surface area contributed by atoms with Crippen molar-refractivity contribution < 1.29 is 0 Å². The van der Waals surface area contributed by atoms with E-state index in [2.05, 4.69) is 11.4 Å². The number of thioether (sulfide) groups is 1. The fourth-order valence-corrected chi connectivity index (χ4v) is 2.37. The third-order valence-electron chi connectivity index (χ3n) is 2.29. The standard InChI is InChI=1S/C12H12N2S/c13-8-11-9-15-7-6-14-12(11)10-4-2-1-3-5-10/h1-5,14H,6-7,9H2. The Balaban J connectivity index is 2.40. The molecule has 1 aliphatic rings. The number of hydrogen-bond donors (Lipinski definition) is 1. The van der Waals surface area contributed by atoms with Crippen molar-refractivity contribution in [2.24, 2.45) is 0 Å². The van der Waals surface area contributed by atoms with E-state index in [9.17, 15) is 0 Å². The van der Waals surface area contributed by atoms with Crippen LogP contribution in [0.2, 0.25) is 0 Å². The molecule has 0 saturated carbocycles. The van der Waals surface area contributed by atoms with Crippen LogP contribution in [0.25, 0.3) is 5.70 Å². The highest BCUT2D eigenvalue weighted by molar-refractivity contribution is 7.99. The Morgan fingerprint density at radius 1 is 1.27 bits per heavy atom. The van der Waals surface area contributed by atoms with Crippen LogP contribution in [0.3, 0.4) is 0 Å². The molecule has 0 saturated heterocycles. The van der Waals surface area contributed by atoms with Gasteiger partial charge in [0.1, 0.15) is 0 Å². The summed E-state index contributed by atoms with van der Waals surface area (Å²) in [6.45, 7) is 0.931. The molecule has 0 unspecified atom stereocenters. The van der Waals surface area contributed by atoms with Crippen LogP contribution in [0.1, 0.15) is 5.56 Å². The third kappa shape index (κ3) is 2.34. The second-order valence-electron chi connectivity index (χ2n) is 3.31. The summed E-state index contributed by atoms with van der Waals surface area (Å²) in [5.41, 5.74) is 2.96. The summed E-state index contributed by atoms with van der Waals surface area (Å²) in [6.07, 6.45) is 0. The van der Waals surface area contributed by atoms with Gasteiger partial charge in [-0.05, 0) is 5.56 Å². The van der Waals surface area contributed by atoms with Crippen LogP contribution < -0.4 is 5.32 Å². The van der Waals surface area contributed by atoms with Gasteiger partial charge in [-0.1, -0.05) is 30.3 Å². The van der Waals surface area contributed by atoms with Gasteiger partial charge in [-0.3, -0.25) is 0 Å². The summed E-state index contributed by atoms with van der Waals surface area (Å²) < 4.78 is 0. The Bertz CT molecular complexity index is 403. The molecule has 0 spiro atoms. The molecule has 3 heteroatoms. The van der Waals surface area contributed by atoms with Crippen LogP contribution in [-0.4, -0.2) is 18.1 Å². The van der Waals surface area contributed by atoms with Gasteiger partial charge < -0.3 is 5.32 Å². The predicted octanol–water partition coefficient (Wildman–Crippen LogP) is 2.26. The summed E-state index contributed by atoms with van der Waals surface area (Å²) in [7, 11) is 0. The highest BCUT2D eigenvalue weighted by Gasteiger charge is 2.11. The highest BCUT2D eigenvalue weighted by atomic mass is 32.2. The monoisotopic (exact) mass is 216 g/mol. The lowest BCUT2D eigenvalue weighted by molar-refractivity contribution is 0.951. The van der Waals surface area contributed by atoms with Crippen molar-refractivity contribution in [1.82, 2.24) is 5.32 Å². The summed E-state index contributed by atoms with van der Waals surface area (Å²) >= 11 is 1.80. The maximum Gasteiger partial charge on any atom is 0.0977 e. The number of nitriles is 1. The Kier molecular flexibility index (Phi) is 3.31. The molecule has 1 aromatic carbocycles. The Morgan fingerprint density at radius 2 is 2.07 bits per heavy atom. The molecule has 76 valence electrons. The van der Waals surface area contributed by atoms with E-state index in [0.29, 0.717) is 0 Å². The van der Waals surface area contributed by atoms with Crippen LogP contribution in [0.4, 0.5) is 0 Å². The van der Waals surface area contributed by atoms with Gasteiger partial charge in [0, 0.05) is 18.1 Å². The van der Waals surface area contributed by atoms with Crippen molar-refractivity contribution in [1.29, 1.82) is 5.26 Å². The van der Waals surface area contributed by atoms with Gasteiger partial charge >= 0.3 is 0 Å². The van der Waals surface area contributed by atoms with Gasteiger partial charge in [0.25, 0.3) is 0 Å². The minimum Gasteiger partial charge on any atom is -0.383 e. The van der Waals surface area contributed by atoms with E-state index in [4.69, 9.17) is 5.26 Å². The van der Waals surface area contributed by atoms with Crippen LogP contribution in [0.15, 0.2) is 35.9 Å². The zero-order valence-electron chi connectivity index (χ0n) is 8.36. The number of nitrogens with one attached hydrogen (secondary N) is 1. The van der Waals surface area contributed by atoms with Gasteiger partial charge in [-0.25, -0.2) is 0 Å². The fraction of sp³-hybridized carbons (Fsp3) is 0.250. The van der Waals surface area contributed by atoms with E-state index in [1.807, 2.05) is 30.3 Å². The molecule has 0 bridgehead atoms. The molecule has 1 N–H and O–H groups in total. The van der Waals surface area contributed by atoms with E-state index >= 15 is 0 Å². The minimum atomic E-state index is 0.813. The van der Waals surface area contributed by atoms with E-state index in [-0.39, 0.29) is 0 Å². The molecule has 1 aromatic rings. The number of benzene rings is 1. The lowest BCUT2D eigenvalue weighted by atomic mass is 10.1. The van der Waals surface area contributed by atoms with Crippen LogP contribution in [0, 0.1) is 11.3 Å². The molecule has 0 aliphatic carbocycles. The van der Waals surface area contributed by atoms with Crippen molar-refractivity contribution in [3.8, 4) is 6.07 Å². The lowest BCUT2D eigenvalue weighted by Gasteiger charge is -2.09. The molecule has 0 radical (unpaired) electrons. The Hall–Kier alpha value is -1.40. The van der Waals surface area contributed by atoms with Crippen molar-refractivity contribution in [3.05, 3.63) is 41.5 Å². The molecular formula is C12H12N2S. The first-order chi connectivity index (χ1) is 7.42. The van der Waals surface area contributed by atoms with Crippen molar-refractivity contribution in [2.75, 3.05) is 18.1 Å². The maximum absolute atomic E-state index is 9.09. The molecule has 0 amide bonds. The zero-order valence-corrected chi connectivity index (χ0v) is 9.18. The smallest absolute Gasteiger partial charge is 0.0977 e. The topological polar surface area (TPSA) is 35.8 Å². The normalized spacial score (nSPS) is 16.5. The first-order valence-corrected chi connectivity index (χ1v) is 6.07. The lowest BCUT2D eigenvalue weighted by Crippen LogP contribution is -2.15. The van der Waals surface area contributed by atoms with Crippen molar-refractivity contribution in [2.45, 2.75) is 0 Å². The molecule has 1 heterocycles. The third-order valence-corrected chi connectivity index (χ3v) is 3.28. The number of hydrogen-bond acceptors (Lipinski definition) is 3. The first kappa shape index (κ1) is 10.1. The number of rotatable bonds is 1. The highest BCUT2D eigenvalue weighted by Crippen LogP contribution is 2.21. The Morgan fingerprint density at radius 3 is 2.80 bits per heavy atom. The molecule has 2 rings (SSSR count). The van der Waals surface area contributed by atoms with E-state index in [0.717, 1.165) is 34.9 Å². The van der Waals surface area contributed by atoms with Gasteiger partial charge in [-0.15, -0.1) is 0 Å². The second-order valence-corrected chi connectivity index (χ2v) is 4.42. The van der Waals surface area contributed by atoms with Gasteiger partial charge in [0.05, 0.1) is 17.3 Å². The maximum atomic E-state index is 9.09. The largest absolute Gasteiger partial charge is 0.383 e. The molecule has 0 fully saturated rings. The summed E-state index contributed by atoms with van der Waals surface area (Å²) in [4.78, 5) is 0. The van der Waals surface area contributed by atoms with Crippen LogP contribution in [0.5, 0.6) is 0 Å². The summed E-state index contributed by atoms with van der Waals surface area (Å²) in [5, 5.41) is 12.4. The minimum absolute atomic E-state index is 0.813. The summed E-state index contributed by atoms with van der Waals surface area (Å²) in [6, 6.07) is 12.3. The van der Waals surface area contributed by atoms with Crippen molar-refractivity contribution >= 4 is 17.5 Å². The van der Waals surface area contributed by atoms with E-state index in [1.54, 1.807) is 11.8 Å². The van der Waals surface area contributed by atoms with Crippen LogP contribution >= 0.6 is 11.8 Å². The molecule has 0 atom stereocenters. The van der Waals surface area contributed by atoms with Gasteiger partial charge in [-0.2, -0.15) is 17.0 Å². The van der Waals surface area contributed by atoms with E-state index < -0.39 is 0 Å². The molecule has 15 heavy (non-hydrogen) atoms. The van der Waals surface area contributed by atoms with Crippen LogP contribution in [-0.2, 0) is 0 Å². The summed E-state index contributed by atoms with van der Waals surface area (Å²) in [5.74, 6) is 1.87. The molecule has 0 aromatic heterocycles. The average Bonchev–Trinajstić information content (AvgIpc) is 2.55. The van der Waals surface area contributed by atoms with Crippen molar-refractivity contribution in [3.63, 3.8) is 0 Å². The first-order valence-electron chi connectivity index (χ1n) is 4.92. The molecule has 2 nitrogen and oxygen atoms in total. The quantitative estimate of drug-likeness (QED) is 0.782. The Labute approximate surface area is 94.0 Å².